The summed E-state index contributed by atoms with van der Waals surface area (Å²) in [6.45, 7) is 4.13. The minimum absolute atomic E-state index is 0.170. The van der Waals surface area contributed by atoms with Gasteiger partial charge in [0, 0.05) is 27.2 Å². The Hall–Kier alpha value is -0.160. The Balaban J connectivity index is 2.69. The SMILES string of the molecule is COC(OC)[C@@]1(C)CC[C@H](C)[C@@H](OC)O1. The van der Waals surface area contributed by atoms with E-state index in [1.54, 1.807) is 21.3 Å². The van der Waals surface area contributed by atoms with Crippen LogP contribution in [0.3, 0.4) is 0 Å². The zero-order valence-electron chi connectivity index (χ0n) is 10.3. The number of methoxy groups -OCH3 is 3. The van der Waals surface area contributed by atoms with Gasteiger partial charge in [0.2, 0.25) is 0 Å². The molecule has 1 rings (SSSR count). The van der Waals surface area contributed by atoms with Crippen LogP contribution in [0, 0.1) is 5.92 Å². The molecule has 1 aliphatic rings. The van der Waals surface area contributed by atoms with E-state index in [-0.39, 0.29) is 12.6 Å². The van der Waals surface area contributed by atoms with Gasteiger partial charge >= 0.3 is 0 Å². The van der Waals surface area contributed by atoms with Crippen LogP contribution in [0.4, 0.5) is 0 Å². The van der Waals surface area contributed by atoms with Crippen LogP contribution in [0.2, 0.25) is 0 Å². The molecule has 0 radical (unpaired) electrons. The third-order valence-electron chi connectivity index (χ3n) is 3.11. The number of rotatable bonds is 4. The molecule has 90 valence electrons. The summed E-state index contributed by atoms with van der Waals surface area (Å²) in [5, 5.41) is 0. The van der Waals surface area contributed by atoms with E-state index in [2.05, 4.69) is 6.92 Å². The third-order valence-corrected chi connectivity index (χ3v) is 3.11. The maximum Gasteiger partial charge on any atom is 0.185 e. The van der Waals surface area contributed by atoms with Crippen molar-refractivity contribution in [3.05, 3.63) is 0 Å². The predicted molar refractivity (Wildman–Crippen MR) is 56.5 cm³/mol. The van der Waals surface area contributed by atoms with E-state index in [0.29, 0.717) is 5.92 Å². The van der Waals surface area contributed by atoms with Gasteiger partial charge in [0.1, 0.15) is 5.60 Å². The summed E-state index contributed by atoms with van der Waals surface area (Å²) < 4.78 is 21.7. The molecule has 0 aromatic heterocycles. The summed E-state index contributed by atoms with van der Waals surface area (Å²) in [5.74, 6) is 0.414. The Morgan fingerprint density at radius 2 is 1.87 bits per heavy atom. The maximum atomic E-state index is 5.91. The molecule has 0 unspecified atom stereocenters. The Bertz CT molecular complexity index is 193. The van der Waals surface area contributed by atoms with E-state index >= 15 is 0 Å². The fourth-order valence-electron chi connectivity index (χ4n) is 2.14. The van der Waals surface area contributed by atoms with Crippen molar-refractivity contribution in [2.45, 2.75) is 44.9 Å². The Morgan fingerprint density at radius 3 is 2.33 bits per heavy atom. The highest BCUT2D eigenvalue weighted by molar-refractivity contribution is 4.85. The van der Waals surface area contributed by atoms with Crippen LogP contribution in [0.5, 0.6) is 0 Å². The molecule has 15 heavy (non-hydrogen) atoms. The Labute approximate surface area is 91.8 Å². The number of hydrogen-bond donors (Lipinski definition) is 0. The van der Waals surface area contributed by atoms with Gasteiger partial charge in [0.25, 0.3) is 0 Å². The fourth-order valence-corrected chi connectivity index (χ4v) is 2.14. The summed E-state index contributed by atoms with van der Waals surface area (Å²) in [5.41, 5.74) is -0.420. The van der Waals surface area contributed by atoms with Crippen molar-refractivity contribution < 1.29 is 18.9 Å². The highest BCUT2D eigenvalue weighted by Gasteiger charge is 2.43. The molecule has 4 heteroatoms. The molecule has 0 bridgehead atoms. The van der Waals surface area contributed by atoms with Crippen molar-refractivity contribution in [3.63, 3.8) is 0 Å². The second-order valence-electron chi connectivity index (χ2n) is 4.35. The summed E-state index contributed by atoms with van der Waals surface area (Å²) >= 11 is 0. The smallest absolute Gasteiger partial charge is 0.185 e. The Kier molecular flexibility index (Phi) is 4.52. The molecule has 0 aliphatic carbocycles. The highest BCUT2D eigenvalue weighted by atomic mass is 16.7. The molecule has 1 heterocycles. The van der Waals surface area contributed by atoms with Gasteiger partial charge in [-0.15, -0.1) is 0 Å². The first-order valence-electron chi connectivity index (χ1n) is 5.33. The van der Waals surface area contributed by atoms with Crippen molar-refractivity contribution in [2.24, 2.45) is 5.92 Å². The molecule has 4 nitrogen and oxygen atoms in total. The zero-order valence-corrected chi connectivity index (χ0v) is 10.3. The monoisotopic (exact) mass is 218 g/mol. The lowest BCUT2D eigenvalue weighted by Crippen LogP contribution is -2.51. The lowest BCUT2D eigenvalue weighted by Gasteiger charge is -2.44. The van der Waals surface area contributed by atoms with Crippen LogP contribution in [0.15, 0.2) is 0 Å². The van der Waals surface area contributed by atoms with Crippen LogP contribution < -0.4 is 0 Å². The molecular weight excluding hydrogens is 196 g/mol. The summed E-state index contributed by atoms with van der Waals surface area (Å²) in [4.78, 5) is 0. The second kappa shape index (κ2) is 5.25. The van der Waals surface area contributed by atoms with Gasteiger partial charge in [-0.2, -0.15) is 0 Å². The van der Waals surface area contributed by atoms with Gasteiger partial charge in [-0.1, -0.05) is 6.92 Å². The highest BCUT2D eigenvalue weighted by Crippen LogP contribution is 2.35. The lowest BCUT2D eigenvalue weighted by atomic mass is 9.89. The van der Waals surface area contributed by atoms with Crippen molar-refractivity contribution >= 4 is 0 Å². The molecule has 0 aromatic rings. The minimum Gasteiger partial charge on any atom is -0.356 e. The van der Waals surface area contributed by atoms with Crippen LogP contribution in [-0.2, 0) is 18.9 Å². The van der Waals surface area contributed by atoms with E-state index < -0.39 is 5.60 Å². The first-order valence-corrected chi connectivity index (χ1v) is 5.33. The number of ether oxygens (including phenoxy) is 4. The number of hydrogen-bond acceptors (Lipinski definition) is 4. The Morgan fingerprint density at radius 1 is 1.27 bits per heavy atom. The van der Waals surface area contributed by atoms with Crippen molar-refractivity contribution in [1.29, 1.82) is 0 Å². The normalized spacial score (nSPS) is 37.2. The minimum atomic E-state index is -0.420. The molecule has 0 amide bonds. The van der Waals surface area contributed by atoms with Crippen LogP contribution in [0.1, 0.15) is 26.7 Å². The molecule has 1 fully saturated rings. The average molecular weight is 218 g/mol. The van der Waals surface area contributed by atoms with Gasteiger partial charge < -0.3 is 18.9 Å². The molecule has 0 saturated carbocycles. The van der Waals surface area contributed by atoms with E-state index in [1.807, 2.05) is 6.92 Å². The van der Waals surface area contributed by atoms with E-state index in [9.17, 15) is 0 Å². The van der Waals surface area contributed by atoms with Crippen molar-refractivity contribution in [2.75, 3.05) is 21.3 Å². The summed E-state index contributed by atoms with van der Waals surface area (Å²) in [6.07, 6.45) is 1.46. The predicted octanol–water partition coefficient (Wildman–Crippen LogP) is 1.78. The van der Waals surface area contributed by atoms with E-state index in [4.69, 9.17) is 18.9 Å². The second-order valence-corrected chi connectivity index (χ2v) is 4.35. The zero-order chi connectivity index (χ0) is 11.5. The van der Waals surface area contributed by atoms with Crippen molar-refractivity contribution in [3.8, 4) is 0 Å². The molecular formula is C11H22O4. The van der Waals surface area contributed by atoms with E-state index in [0.717, 1.165) is 12.8 Å². The largest absolute Gasteiger partial charge is 0.356 e. The first kappa shape index (κ1) is 12.9. The molecule has 1 saturated heterocycles. The molecule has 0 N–H and O–H groups in total. The van der Waals surface area contributed by atoms with Gasteiger partial charge in [0.05, 0.1) is 0 Å². The fraction of sp³-hybridized carbons (Fsp3) is 1.00. The topological polar surface area (TPSA) is 36.9 Å². The van der Waals surface area contributed by atoms with Gasteiger partial charge in [-0.3, -0.25) is 0 Å². The van der Waals surface area contributed by atoms with Crippen LogP contribution in [-0.4, -0.2) is 39.5 Å². The van der Waals surface area contributed by atoms with Crippen LogP contribution in [0.25, 0.3) is 0 Å². The first-order chi connectivity index (χ1) is 7.07. The average Bonchev–Trinajstić information content (AvgIpc) is 2.23. The molecule has 0 spiro atoms. The molecule has 1 aliphatic heterocycles. The standard InChI is InChI=1S/C11H22O4/c1-8-6-7-11(2,10(13-4)14-5)15-9(8)12-3/h8-10H,6-7H2,1-5H3/t8-,9-,11+/m0/s1. The van der Waals surface area contributed by atoms with Crippen LogP contribution >= 0.6 is 0 Å². The molecule has 0 aromatic carbocycles. The maximum absolute atomic E-state index is 5.91. The summed E-state index contributed by atoms with van der Waals surface area (Å²) in [7, 11) is 4.92. The summed E-state index contributed by atoms with van der Waals surface area (Å²) in [6, 6.07) is 0. The lowest BCUT2D eigenvalue weighted by molar-refractivity contribution is -0.310. The van der Waals surface area contributed by atoms with Gasteiger partial charge in [-0.05, 0) is 19.8 Å². The van der Waals surface area contributed by atoms with E-state index in [1.165, 1.54) is 0 Å². The van der Waals surface area contributed by atoms with Gasteiger partial charge in [0.15, 0.2) is 12.6 Å². The van der Waals surface area contributed by atoms with Gasteiger partial charge in [-0.25, -0.2) is 0 Å². The quantitative estimate of drug-likeness (QED) is 0.674. The molecule has 3 atom stereocenters. The van der Waals surface area contributed by atoms with Crippen molar-refractivity contribution in [1.82, 2.24) is 0 Å². The third kappa shape index (κ3) is 2.69.